The lowest BCUT2D eigenvalue weighted by Gasteiger charge is -2.27. The number of carbonyl (C=O) groups is 1. The zero-order valence-corrected chi connectivity index (χ0v) is 11.9. The van der Waals surface area contributed by atoms with Gasteiger partial charge in [-0.2, -0.15) is 5.26 Å². The van der Waals surface area contributed by atoms with Gasteiger partial charge in [-0.05, 0) is 6.92 Å². The number of hydrogen-bond acceptors (Lipinski definition) is 6. The fourth-order valence-corrected chi connectivity index (χ4v) is 1.84. The maximum atomic E-state index is 11.8. The van der Waals surface area contributed by atoms with Crippen molar-refractivity contribution in [3.63, 3.8) is 0 Å². The highest BCUT2D eigenvalue weighted by atomic mass is 16.3. The SMILES string of the molecule is CC(O)CN/C=C(/C#N)C(=O)NCCN1CCNCC1. The standard InChI is InChI=1S/C13H23N5O2/c1-11(19)9-16-10-12(8-14)13(20)17-4-7-18-5-2-15-3-6-18/h10-11,15-16,19H,2-7,9H2,1H3,(H,17,20)/b12-10-. The van der Waals surface area contributed by atoms with Crippen LogP contribution in [-0.2, 0) is 4.79 Å². The summed E-state index contributed by atoms with van der Waals surface area (Å²) in [4.78, 5) is 14.0. The molecule has 4 N–H and O–H groups in total. The number of aliphatic hydroxyl groups excluding tert-OH is 1. The van der Waals surface area contributed by atoms with Crippen LogP contribution in [0.25, 0.3) is 0 Å². The van der Waals surface area contributed by atoms with E-state index in [9.17, 15) is 4.79 Å². The summed E-state index contributed by atoms with van der Waals surface area (Å²) in [6, 6.07) is 1.85. The number of hydrogen-bond donors (Lipinski definition) is 4. The van der Waals surface area contributed by atoms with Gasteiger partial charge in [-0.1, -0.05) is 0 Å². The summed E-state index contributed by atoms with van der Waals surface area (Å²) in [6.07, 6.45) is 0.814. The maximum Gasteiger partial charge on any atom is 0.263 e. The van der Waals surface area contributed by atoms with E-state index in [1.807, 2.05) is 6.07 Å². The summed E-state index contributed by atoms with van der Waals surface area (Å²) in [5.41, 5.74) is 0.0194. The minimum Gasteiger partial charge on any atom is -0.392 e. The quantitative estimate of drug-likeness (QED) is 0.331. The van der Waals surface area contributed by atoms with Crippen LogP contribution in [0.2, 0.25) is 0 Å². The smallest absolute Gasteiger partial charge is 0.263 e. The van der Waals surface area contributed by atoms with Crippen LogP contribution in [0.5, 0.6) is 0 Å². The third-order valence-corrected chi connectivity index (χ3v) is 2.95. The number of amides is 1. The van der Waals surface area contributed by atoms with Crippen LogP contribution in [0.15, 0.2) is 11.8 Å². The van der Waals surface area contributed by atoms with Crippen LogP contribution in [-0.4, -0.2) is 67.8 Å². The first-order valence-corrected chi connectivity index (χ1v) is 6.86. The molecule has 0 radical (unpaired) electrons. The predicted octanol–water partition coefficient (Wildman–Crippen LogP) is -1.61. The van der Waals surface area contributed by atoms with E-state index in [1.54, 1.807) is 6.92 Å². The molecule has 7 heteroatoms. The van der Waals surface area contributed by atoms with E-state index in [4.69, 9.17) is 10.4 Å². The Hall–Kier alpha value is -1.62. The van der Waals surface area contributed by atoms with Crippen LogP contribution in [0.4, 0.5) is 0 Å². The molecular weight excluding hydrogens is 258 g/mol. The lowest BCUT2D eigenvalue weighted by molar-refractivity contribution is -0.117. The van der Waals surface area contributed by atoms with Gasteiger partial charge in [-0.3, -0.25) is 9.69 Å². The molecule has 1 saturated heterocycles. The van der Waals surface area contributed by atoms with Crippen LogP contribution in [0.1, 0.15) is 6.92 Å². The minimum absolute atomic E-state index is 0.0194. The van der Waals surface area contributed by atoms with Gasteiger partial charge < -0.3 is 21.1 Å². The molecule has 112 valence electrons. The molecule has 20 heavy (non-hydrogen) atoms. The Labute approximate surface area is 119 Å². The molecule has 1 heterocycles. The van der Waals surface area contributed by atoms with Gasteiger partial charge >= 0.3 is 0 Å². The average Bonchev–Trinajstić information content (AvgIpc) is 2.44. The monoisotopic (exact) mass is 281 g/mol. The van der Waals surface area contributed by atoms with Crippen molar-refractivity contribution in [1.82, 2.24) is 20.9 Å². The zero-order valence-electron chi connectivity index (χ0n) is 11.9. The molecular formula is C13H23N5O2. The van der Waals surface area contributed by atoms with E-state index in [0.717, 1.165) is 32.7 Å². The highest BCUT2D eigenvalue weighted by molar-refractivity contribution is 5.97. The topological polar surface area (TPSA) is 100 Å². The van der Waals surface area contributed by atoms with E-state index >= 15 is 0 Å². The molecule has 0 aromatic carbocycles. The summed E-state index contributed by atoms with van der Waals surface area (Å²) in [5, 5.41) is 26.7. The van der Waals surface area contributed by atoms with E-state index in [0.29, 0.717) is 13.1 Å². The molecule has 1 aliphatic rings. The molecule has 0 aromatic rings. The van der Waals surface area contributed by atoms with E-state index in [1.165, 1.54) is 6.20 Å². The van der Waals surface area contributed by atoms with Crippen molar-refractivity contribution in [2.45, 2.75) is 13.0 Å². The van der Waals surface area contributed by atoms with Gasteiger partial charge in [-0.25, -0.2) is 0 Å². The molecule has 0 spiro atoms. The Kier molecular flexibility index (Phi) is 7.65. The second-order valence-electron chi connectivity index (χ2n) is 4.77. The number of carbonyl (C=O) groups excluding carboxylic acids is 1. The fraction of sp³-hybridized carbons (Fsp3) is 0.692. The molecule has 1 aliphatic heterocycles. The van der Waals surface area contributed by atoms with Gasteiger partial charge in [0.2, 0.25) is 0 Å². The molecule has 1 rings (SSSR count). The Morgan fingerprint density at radius 1 is 1.55 bits per heavy atom. The Bertz CT molecular complexity index is 369. The Morgan fingerprint density at radius 2 is 2.25 bits per heavy atom. The third kappa shape index (κ3) is 6.52. The molecule has 0 aromatic heterocycles. The van der Waals surface area contributed by atoms with Crippen molar-refractivity contribution in [2.75, 3.05) is 45.8 Å². The second kappa shape index (κ2) is 9.31. The first-order valence-electron chi connectivity index (χ1n) is 6.86. The molecule has 1 fully saturated rings. The molecule has 0 aliphatic carbocycles. The molecule has 1 atom stereocenters. The van der Waals surface area contributed by atoms with Crippen LogP contribution in [0.3, 0.4) is 0 Å². The Morgan fingerprint density at radius 3 is 2.85 bits per heavy atom. The molecule has 1 unspecified atom stereocenters. The first-order chi connectivity index (χ1) is 9.63. The van der Waals surface area contributed by atoms with Crippen molar-refractivity contribution in [3.8, 4) is 6.07 Å². The average molecular weight is 281 g/mol. The minimum atomic E-state index is -0.526. The van der Waals surface area contributed by atoms with Gasteiger partial charge in [0.1, 0.15) is 11.6 Å². The number of rotatable bonds is 7. The lowest BCUT2D eigenvalue weighted by atomic mass is 10.3. The maximum absolute atomic E-state index is 11.8. The van der Waals surface area contributed by atoms with Crippen molar-refractivity contribution in [2.24, 2.45) is 0 Å². The molecule has 7 nitrogen and oxygen atoms in total. The number of nitrogens with one attached hydrogen (secondary N) is 3. The summed E-state index contributed by atoms with van der Waals surface area (Å²) < 4.78 is 0. The largest absolute Gasteiger partial charge is 0.392 e. The zero-order chi connectivity index (χ0) is 14.8. The molecule has 0 bridgehead atoms. The lowest BCUT2D eigenvalue weighted by Crippen LogP contribution is -2.46. The molecule has 1 amide bonds. The van der Waals surface area contributed by atoms with Crippen molar-refractivity contribution >= 4 is 5.91 Å². The van der Waals surface area contributed by atoms with Gasteiger partial charge in [0.15, 0.2) is 0 Å². The van der Waals surface area contributed by atoms with Crippen LogP contribution in [0, 0.1) is 11.3 Å². The number of piperazine rings is 1. The summed E-state index contributed by atoms with van der Waals surface area (Å²) in [7, 11) is 0. The van der Waals surface area contributed by atoms with E-state index < -0.39 is 6.10 Å². The van der Waals surface area contributed by atoms with E-state index in [2.05, 4.69) is 20.9 Å². The fourth-order valence-electron chi connectivity index (χ4n) is 1.84. The van der Waals surface area contributed by atoms with Crippen molar-refractivity contribution < 1.29 is 9.90 Å². The van der Waals surface area contributed by atoms with Crippen molar-refractivity contribution in [3.05, 3.63) is 11.8 Å². The molecule has 0 saturated carbocycles. The predicted molar refractivity (Wildman–Crippen MR) is 75.7 cm³/mol. The van der Waals surface area contributed by atoms with Crippen molar-refractivity contribution in [1.29, 1.82) is 5.26 Å². The summed E-state index contributed by atoms with van der Waals surface area (Å²) in [6.45, 7) is 7.14. The van der Waals surface area contributed by atoms with Gasteiger partial charge in [0.25, 0.3) is 5.91 Å². The van der Waals surface area contributed by atoms with Gasteiger partial charge in [-0.15, -0.1) is 0 Å². The van der Waals surface area contributed by atoms with Crippen LogP contribution < -0.4 is 16.0 Å². The van der Waals surface area contributed by atoms with Gasteiger partial charge in [0.05, 0.1) is 6.10 Å². The van der Waals surface area contributed by atoms with E-state index in [-0.39, 0.29) is 11.5 Å². The first kappa shape index (κ1) is 16.4. The summed E-state index contributed by atoms with van der Waals surface area (Å²) in [5.74, 6) is -0.388. The summed E-state index contributed by atoms with van der Waals surface area (Å²) >= 11 is 0. The third-order valence-electron chi connectivity index (χ3n) is 2.95. The number of nitriles is 1. The normalized spacial score (nSPS) is 18.1. The highest BCUT2D eigenvalue weighted by Crippen LogP contribution is 1.93. The second-order valence-corrected chi connectivity index (χ2v) is 4.77. The number of aliphatic hydroxyl groups is 1. The Balaban J connectivity index is 2.26. The number of nitrogens with zero attached hydrogens (tertiary/aromatic N) is 2. The van der Waals surface area contributed by atoms with Crippen LogP contribution >= 0.6 is 0 Å². The van der Waals surface area contributed by atoms with Gasteiger partial charge in [0, 0.05) is 52.0 Å². The highest BCUT2D eigenvalue weighted by Gasteiger charge is 2.11.